The minimum absolute atomic E-state index is 0.0613. The Kier molecular flexibility index (Phi) is 5.37. The minimum atomic E-state index is -3.88. The normalized spacial score (nSPS) is 13.6. The van der Waals surface area contributed by atoms with Gasteiger partial charge >= 0.3 is 0 Å². The lowest BCUT2D eigenvalue weighted by Crippen LogP contribution is -2.29. The third-order valence-electron chi connectivity index (χ3n) is 4.61. The first-order chi connectivity index (χ1) is 14.4. The molecule has 2 aromatic heterocycles. The lowest BCUT2D eigenvalue weighted by atomic mass is 10.2. The van der Waals surface area contributed by atoms with E-state index in [1.807, 2.05) is 17.5 Å². The van der Waals surface area contributed by atoms with Crippen LogP contribution in [0.15, 0.2) is 58.9 Å². The molecule has 0 fully saturated rings. The first-order valence-corrected chi connectivity index (χ1v) is 11.3. The molecule has 3 aromatic rings. The van der Waals surface area contributed by atoms with Gasteiger partial charge in [-0.05, 0) is 41.3 Å². The van der Waals surface area contributed by atoms with Crippen LogP contribution in [0.3, 0.4) is 0 Å². The molecule has 0 radical (unpaired) electrons. The zero-order chi connectivity index (χ0) is 21.3. The maximum absolute atomic E-state index is 12.9. The molecular weight excluding hydrogens is 426 g/mol. The second-order valence-electron chi connectivity index (χ2n) is 6.49. The van der Waals surface area contributed by atoms with Gasteiger partial charge in [0.05, 0.1) is 19.2 Å². The van der Waals surface area contributed by atoms with E-state index in [2.05, 4.69) is 9.71 Å². The van der Waals surface area contributed by atoms with E-state index < -0.39 is 21.8 Å². The molecule has 4 rings (SSSR count). The molecule has 0 spiro atoms. The number of hydrogen-bond acceptors (Lipinski definition) is 7. The molecule has 30 heavy (non-hydrogen) atoms. The van der Waals surface area contributed by atoms with Gasteiger partial charge in [-0.15, -0.1) is 11.3 Å². The third kappa shape index (κ3) is 3.72. The molecule has 10 heteroatoms. The van der Waals surface area contributed by atoms with Crippen LogP contribution in [-0.4, -0.2) is 37.2 Å². The Labute approximate surface area is 177 Å². The van der Waals surface area contributed by atoms with E-state index >= 15 is 0 Å². The fourth-order valence-corrected chi connectivity index (χ4v) is 5.09. The molecule has 1 N–H and O–H groups in total. The van der Waals surface area contributed by atoms with E-state index in [1.165, 1.54) is 36.8 Å². The van der Waals surface area contributed by atoms with Crippen molar-refractivity contribution in [3.8, 4) is 5.75 Å². The van der Waals surface area contributed by atoms with Gasteiger partial charge in [-0.1, -0.05) is 12.1 Å². The summed E-state index contributed by atoms with van der Waals surface area (Å²) >= 11 is 1.44. The topological polar surface area (TPSA) is 106 Å². The highest BCUT2D eigenvalue weighted by Crippen LogP contribution is 2.28. The molecule has 0 aliphatic carbocycles. The number of pyridine rings is 1. The van der Waals surface area contributed by atoms with Crippen molar-refractivity contribution in [1.82, 2.24) is 14.6 Å². The highest BCUT2D eigenvalue weighted by atomic mass is 32.2. The van der Waals surface area contributed by atoms with Crippen molar-refractivity contribution in [1.29, 1.82) is 0 Å². The maximum atomic E-state index is 12.9. The number of ether oxygens (including phenoxy) is 1. The number of thiophene rings is 1. The van der Waals surface area contributed by atoms with Crippen LogP contribution in [0.4, 0.5) is 0 Å². The van der Waals surface area contributed by atoms with Gasteiger partial charge in [0.15, 0.2) is 0 Å². The number of carbonyl (C=O) groups is 2. The molecule has 3 heterocycles. The summed E-state index contributed by atoms with van der Waals surface area (Å²) in [6.07, 6.45) is 1.45. The average molecular weight is 444 g/mol. The summed E-state index contributed by atoms with van der Waals surface area (Å²) in [6.45, 7) is 0.0723. The maximum Gasteiger partial charge on any atom is 0.280 e. The number of aromatic nitrogens is 1. The quantitative estimate of drug-likeness (QED) is 0.562. The number of carbonyl (C=O) groups excluding carboxylic acids is 2. The van der Waals surface area contributed by atoms with Crippen molar-refractivity contribution in [2.75, 3.05) is 7.11 Å². The first-order valence-electron chi connectivity index (χ1n) is 8.91. The van der Waals surface area contributed by atoms with Crippen LogP contribution in [0.1, 0.15) is 31.3 Å². The van der Waals surface area contributed by atoms with Crippen molar-refractivity contribution in [2.45, 2.75) is 18.0 Å². The molecule has 0 saturated heterocycles. The highest BCUT2D eigenvalue weighted by Gasteiger charge is 2.36. The molecule has 1 aliphatic heterocycles. The van der Waals surface area contributed by atoms with Gasteiger partial charge in [0, 0.05) is 17.6 Å². The van der Waals surface area contributed by atoms with Crippen LogP contribution < -0.4 is 9.46 Å². The fraction of sp³-hybridized carbons (Fsp3) is 0.150. The van der Waals surface area contributed by atoms with Crippen LogP contribution in [0, 0.1) is 0 Å². The fourth-order valence-electron chi connectivity index (χ4n) is 3.13. The SMILES string of the molecule is COc1ccc(CN2C(=O)c3cccnc3C2=O)cc1S(=O)(=O)NCc1cccs1. The molecule has 0 bridgehead atoms. The van der Waals surface area contributed by atoms with E-state index in [9.17, 15) is 18.0 Å². The smallest absolute Gasteiger partial charge is 0.280 e. The van der Waals surface area contributed by atoms with E-state index in [4.69, 9.17) is 4.74 Å². The summed E-state index contributed by atoms with van der Waals surface area (Å²) in [5, 5.41) is 1.86. The van der Waals surface area contributed by atoms with Crippen molar-refractivity contribution >= 4 is 33.2 Å². The van der Waals surface area contributed by atoms with E-state index in [0.717, 1.165) is 9.78 Å². The van der Waals surface area contributed by atoms with Crippen LogP contribution in [0.25, 0.3) is 0 Å². The molecule has 2 amide bonds. The van der Waals surface area contributed by atoms with Gasteiger partial charge in [0.1, 0.15) is 16.3 Å². The number of nitrogens with one attached hydrogen (secondary N) is 1. The van der Waals surface area contributed by atoms with Gasteiger partial charge in [0.2, 0.25) is 10.0 Å². The van der Waals surface area contributed by atoms with Crippen molar-refractivity contribution in [3.05, 3.63) is 75.7 Å². The number of hydrogen-bond donors (Lipinski definition) is 1. The highest BCUT2D eigenvalue weighted by molar-refractivity contribution is 7.89. The Bertz CT molecular complexity index is 1190. The number of nitrogens with zero attached hydrogens (tertiary/aromatic N) is 2. The van der Waals surface area contributed by atoms with Crippen molar-refractivity contribution in [3.63, 3.8) is 0 Å². The van der Waals surface area contributed by atoms with Gasteiger partial charge in [-0.25, -0.2) is 13.1 Å². The summed E-state index contributed by atoms with van der Waals surface area (Å²) < 4.78 is 33.5. The number of benzene rings is 1. The largest absolute Gasteiger partial charge is 0.495 e. The Morgan fingerprint density at radius 2 is 1.97 bits per heavy atom. The lowest BCUT2D eigenvalue weighted by Gasteiger charge is -2.16. The summed E-state index contributed by atoms with van der Waals surface area (Å²) in [4.78, 5) is 30.9. The van der Waals surface area contributed by atoms with Crippen LogP contribution in [0.5, 0.6) is 5.75 Å². The molecule has 1 aromatic carbocycles. The lowest BCUT2D eigenvalue weighted by molar-refractivity contribution is 0.0640. The molecular formula is C20H17N3O5S2. The molecule has 8 nitrogen and oxygen atoms in total. The van der Waals surface area contributed by atoms with E-state index in [0.29, 0.717) is 5.56 Å². The molecule has 0 unspecified atom stereocenters. The zero-order valence-electron chi connectivity index (χ0n) is 15.9. The van der Waals surface area contributed by atoms with E-state index in [1.54, 1.807) is 18.2 Å². The van der Waals surface area contributed by atoms with Crippen LogP contribution >= 0.6 is 11.3 Å². The van der Waals surface area contributed by atoms with Gasteiger partial charge in [-0.2, -0.15) is 0 Å². The Morgan fingerprint density at radius 3 is 2.67 bits per heavy atom. The Hall–Kier alpha value is -3.08. The number of rotatable bonds is 7. The number of imide groups is 1. The van der Waals surface area contributed by atoms with Gasteiger partial charge in [-0.3, -0.25) is 19.5 Å². The number of sulfonamides is 1. The second-order valence-corrected chi connectivity index (χ2v) is 9.25. The number of fused-ring (bicyclic) bond motifs is 1. The monoisotopic (exact) mass is 443 g/mol. The third-order valence-corrected chi connectivity index (χ3v) is 6.90. The second kappa shape index (κ2) is 7.98. The van der Waals surface area contributed by atoms with Crippen LogP contribution in [-0.2, 0) is 23.1 Å². The molecule has 154 valence electrons. The molecule has 0 saturated carbocycles. The van der Waals surface area contributed by atoms with Gasteiger partial charge < -0.3 is 4.74 Å². The average Bonchev–Trinajstić information content (AvgIpc) is 3.36. The van der Waals surface area contributed by atoms with Crippen molar-refractivity contribution < 1.29 is 22.7 Å². The summed E-state index contributed by atoms with van der Waals surface area (Å²) in [7, 11) is -2.51. The summed E-state index contributed by atoms with van der Waals surface area (Å²) in [5.74, 6) is -0.799. The van der Waals surface area contributed by atoms with Gasteiger partial charge in [0.25, 0.3) is 11.8 Å². The molecule has 1 aliphatic rings. The first kappa shape index (κ1) is 20.2. The summed E-state index contributed by atoms with van der Waals surface area (Å²) in [6, 6.07) is 11.3. The standard InChI is InChI=1S/C20H17N3O5S2/c1-28-16-7-6-13(10-17(16)30(26,27)22-11-14-4-3-9-29-14)12-23-19(24)15-5-2-8-21-18(15)20(23)25/h2-10,22H,11-12H2,1H3. The predicted octanol–water partition coefficient (Wildman–Crippen LogP) is 2.43. The van der Waals surface area contributed by atoms with E-state index in [-0.39, 0.29) is 35.0 Å². The minimum Gasteiger partial charge on any atom is -0.495 e. The number of amides is 2. The Morgan fingerprint density at radius 1 is 1.13 bits per heavy atom. The number of methoxy groups -OCH3 is 1. The molecule has 0 atom stereocenters. The summed E-state index contributed by atoms with van der Waals surface area (Å²) in [5.41, 5.74) is 0.810. The Balaban J connectivity index is 1.60. The van der Waals surface area contributed by atoms with Crippen LogP contribution in [0.2, 0.25) is 0 Å². The van der Waals surface area contributed by atoms with Crippen molar-refractivity contribution in [2.24, 2.45) is 0 Å². The predicted molar refractivity (Wildman–Crippen MR) is 110 cm³/mol. The zero-order valence-corrected chi connectivity index (χ0v) is 17.5.